The summed E-state index contributed by atoms with van der Waals surface area (Å²) < 4.78 is 6.63. The summed E-state index contributed by atoms with van der Waals surface area (Å²) in [5.41, 5.74) is 2.00. The Kier molecular flexibility index (Phi) is 4.14. The Bertz CT molecular complexity index is 973. The molecule has 3 rings (SSSR count). The van der Waals surface area contributed by atoms with Gasteiger partial charge in [0.05, 0.1) is 33.7 Å². The highest BCUT2D eigenvalue weighted by Crippen LogP contribution is 2.36. The summed E-state index contributed by atoms with van der Waals surface area (Å²) in [5, 5.41) is 21.7. The van der Waals surface area contributed by atoms with Crippen molar-refractivity contribution in [2.45, 2.75) is 13.8 Å². The number of phenolic OH excluding ortho intramolecular Hbond substituents is 1. The maximum absolute atomic E-state index is 11.8. The second kappa shape index (κ2) is 6.27. The molecule has 25 heavy (non-hydrogen) atoms. The number of nitrogens with zero attached hydrogens (tertiary/aromatic N) is 2. The molecule has 0 aliphatic heterocycles. The van der Waals surface area contributed by atoms with Crippen LogP contribution in [0.4, 0.5) is 5.69 Å². The topological polar surface area (TPSA) is 94.6 Å². The van der Waals surface area contributed by atoms with Crippen molar-refractivity contribution in [1.82, 2.24) is 4.57 Å². The van der Waals surface area contributed by atoms with Gasteiger partial charge in [0.2, 0.25) is 0 Å². The average molecular weight is 340 g/mol. The normalized spacial score (nSPS) is 10.8. The number of nitro groups is 1. The number of benzene rings is 2. The monoisotopic (exact) mass is 340 g/mol. The maximum Gasteiger partial charge on any atom is 0.338 e. The summed E-state index contributed by atoms with van der Waals surface area (Å²) in [5.74, 6) is -0.406. The predicted octanol–water partition coefficient (Wildman–Crippen LogP) is 3.73. The van der Waals surface area contributed by atoms with Crippen molar-refractivity contribution >= 4 is 22.6 Å². The second-order valence-electron chi connectivity index (χ2n) is 5.50. The number of aromatic nitrogens is 1. The fraction of sp³-hybridized carbons (Fsp3) is 0.167. The van der Waals surface area contributed by atoms with E-state index < -0.39 is 10.9 Å². The van der Waals surface area contributed by atoms with Crippen molar-refractivity contribution in [3.63, 3.8) is 0 Å². The minimum absolute atomic E-state index is 0.00975. The van der Waals surface area contributed by atoms with Crippen LogP contribution in [0.15, 0.2) is 42.5 Å². The molecule has 0 aliphatic carbocycles. The third-order valence-electron chi connectivity index (χ3n) is 3.97. The zero-order valence-electron chi connectivity index (χ0n) is 13.7. The van der Waals surface area contributed by atoms with E-state index in [4.69, 9.17) is 4.74 Å². The van der Waals surface area contributed by atoms with E-state index in [2.05, 4.69) is 0 Å². The van der Waals surface area contributed by atoms with Gasteiger partial charge in [-0.3, -0.25) is 10.1 Å². The quantitative estimate of drug-likeness (QED) is 0.443. The zero-order chi connectivity index (χ0) is 18.1. The Hall–Kier alpha value is -3.35. The summed E-state index contributed by atoms with van der Waals surface area (Å²) in [6.45, 7) is 3.66. The van der Waals surface area contributed by atoms with E-state index in [1.807, 2.05) is 0 Å². The summed E-state index contributed by atoms with van der Waals surface area (Å²) in [6.07, 6.45) is 0. The molecule has 7 nitrogen and oxygen atoms in total. The summed E-state index contributed by atoms with van der Waals surface area (Å²) in [7, 11) is 0. The molecule has 128 valence electrons. The van der Waals surface area contributed by atoms with Crippen LogP contribution in [0.1, 0.15) is 23.0 Å². The molecule has 7 heteroatoms. The lowest BCUT2D eigenvalue weighted by molar-refractivity contribution is -0.383. The minimum atomic E-state index is -0.432. The van der Waals surface area contributed by atoms with Gasteiger partial charge in [-0.05, 0) is 50.2 Å². The molecule has 0 amide bonds. The molecule has 0 bridgehead atoms. The number of hydrogen-bond donors (Lipinski definition) is 1. The highest BCUT2D eigenvalue weighted by atomic mass is 16.6. The Labute approximate surface area is 143 Å². The summed E-state index contributed by atoms with van der Waals surface area (Å²) in [6, 6.07) is 11.0. The molecule has 0 saturated heterocycles. The molecule has 0 radical (unpaired) electrons. The van der Waals surface area contributed by atoms with Crippen LogP contribution in [0.25, 0.3) is 16.6 Å². The number of carbonyl (C=O) groups is 1. The van der Waals surface area contributed by atoms with Crippen molar-refractivity contribution in [3.05, 3.63) is 63.8 Å². The van der Waals surface area contributed by atoms with E-state index >= 15 is 0 Å². The Balaban J connectivity index is 2.18. The lowest BCUT2D eigenvalue weighted by Crippen LogP contribution is -2.05. The van der Waals surface area contributed by atoms with Crippen LogP contribution >= 0.6 is 0 Å². The highest BCUT2D eigenvalue weighted by molar-refractivity contribution is 5.94. The first kappa shape index (κ1) is 16.5. The molecule has 0 aliphatic rings. The van der Waals surface area contributed by atoms with E-state index in [1.54, 1.807) is 42.7 Å². The lowest BCUT2D eigenvalue weighted by atomic mass is 10.2. The second-order valence-corrected chi connectivity index (χ2v) is 5.50. The van der Waals surface area contributed by atoms with Crippen molar-refractivity contribution in [1.29, 1.82) is 0 Å². The molecule has 0 unspecified atom stereocenters. The van der Waals surface area contributed by atoms with Crippen LogP contribution < -0.4 is 0 Å². The van der Waals surface area contributed by atoms with E-state index in [9.17, 15) is 20.0 Å². The van der Waals surface area contributed by atoms with Crippen LogP contribution in [0.5, 0.6) is 5.75 Å². The van der Waals surface area contributed by atoms with Gasteiger partial charge in [-0.1, -0.05) is 0 Å². The van der Waals surface area contributed by atoms with Crippen molar-refractivity contribution in [2.24, 2.45) is 0 Å². The number of rotatable bonds is 4. The van der Waals surface area contributed by atoms with Crippen LogP contribution in [0, 0.1) is 17.0 Å². The van der Waals surface area contributed by atoms with E-state index in [1.165, 1.54) is 18.2 Å². The largest absolute Gasteiger partial charge is 0.508 e. The third-order valence-corrected chi connectivity index (χ3v) is 3.97. The Morgan fingerprint density at radius 1 is 1.24 bits per heavy atom. The third kappa shape index (κ3) is 2.80. The maximum atomic E-state index is 11.8. The number of phenols is 1. The SMILES string of the molecule is CCOC(=O)c1ccc(-n2c(C)c([N+](=O)[O-])c3ccc(O)cc32)cc1. The first-order valence-electron chi connectivity index (χ1n) is 7.70. The van der Waals surface area contributed by atoms with Gasteiger partial charge >= 0.3 is 5.97 Å². The molecule has 1 heterocycles. The highest BCUT2D eigenvalue weighted by Gasteiger charge is 2.24. The number of ether oxygens (including phenoxy) is 1. The smallest absolute Gasteiger partial charge is 0.338 e. The predicted molar refractivity (Wildman–Crippen MR) is 92.3 cm³/mol. The van der Waals surface area contributed by atoms with Crippen molar-refractivity contribution in [3.8, 4) is 11.4 Å². The molecule has 0 atom stereocenters. The van der Waals surface area contributed by atoms with Gasteiger partial charge in [-0.15, -0.1) is 0 Å². The van der Waals surface area contributed by atoms with Gasteiger partial charge in [0.15, 0.2) is 0 Å². The number of esters is 1. The lowest BCUT2D eigenvalue weighted by Gasteiger charge is -2.09. The summed E-state index contributed by atoms with van der Waals surface area (Å²) >= 11 is 0. The van der Waals surface area contributed by atoms with E-state index in [0.29, 0.717) is 27.8 Å². The number of hydrogen-bond acceptors (Lipinski definition) is 5. The first-order valence-corrected chi connectivity index (χ1v) is 7.70. The zero-order valence-corrected chi connectivity index (χ0v) is 13.7. The van der Waals surface area contributed by atoms with Crippen LogP contribution in [0.2, 0.25) is 0 Å². The van der Waals surface area contributed by atoms with Crippen LogP contribution in [-0.4, -0.2) is 27.2 Å². The fourth-order valence-corrected chi connectivity index (χ4v) is 2.91. The van der Waals surface area contributed by atoms with Crippen molar-refractivity contribution in [2.75, 3.05) is 6.61 Å². The number of fused-ring (bicyclic) bond motifs is 1. The van der Waals surface area contributed by atoms with E-state index in [-0.39, 0.29) is 18.0 Å². The van der Waals surface area contributed by atoms with Gasteiger partial charge in [0.25, 0.3) is 5.69 Å². The first-order chi connectivity index (χ1) is 11.9. The molecule has 0 fully saturated rings. The standard InChI is InChI=1S/C18H16N2O5/c1-3-25-18(22)12-4-6-13(7-5-12)19-11(2)17(20(23)24)15-9-8-14(21)10-16(15)19/h4-10,21H,3H2,1-2H3. The number of carbonyl (C=O) groups excluding carboxylic acids is 1. The molecular weight excluding hydrogens is 324 g/mol. The van der Waals surface area contributed by atoms with Crippen LogP contribution in [-0.2, 0) is 4.74 Å². The molecule has 1 N–H and O–H groups in total. The van der Waals surface area contributed by atoms with E-state index in [0.717, 1.165) is 0 Å². The molecular formula is C18H16N2O5. The molecule has 3 aromatic rings. The Morgan fingerprint density at radius 2 is 1.92 bits per heavy atom. The van der Waals surface area contributed by atoms with Gasteiger partial charge < -0.3 is 14.4 Å². The average Bonchev–Trinajstić information content (AvgIpc) is 2.86. The molecule has 2 aromatic carbocycles. The van der Waals surface area contributed by atoms with Gasteiger partial charge in [0, 0.05) is 11.8 Å². The minimum Gasteiger partial charge on any atom is -0.508 e. The molecule has 0 spiro atoms. The summed E-state index contributed by atoms with van der Waals surface area (Å²) in [4.78, 5) is 22.8. The number of aromatic hydroxyl groups is 1. The van der Waals surface area contributed by atoms with Gasteiger partial charge in [0.1, 0.15) is 5.75 Å². The molecule has 0 saturated carbocycles. The Morgan fingerprint density at radius 3 is 2.52 bits per heavy atom. The molecule has 1 aromatic heterocycles. The van der Waals surface area contributed by atoms with Gasteiger partial charge in [-0.25, -0.2) is 4.79 Å². The van der Waals surface area contributed by atoms with Crippen molar-refractivity contribution < 1.29 is 19.6 Å². The van der Waals surface area contributed by atoms with Gasteiger partial charge in [-0.2, -0.15) is 0 Å². The van der Waals surface area contributed by atoms with Crippen LogP contribution in [0.3, 0.4) is 0 Å². The fourth-order valence-electron chi connectivity index (χ4n) is 2.91.